The van der Waals surface area contributed by atoms with Crippen molar-refractivity contribution < 1.29 is 14.6 Å². The van der Waals surface area contributed by atoms with Crippen LogP contribution in [0.1, 0.15) is 15.9 Å². The maximum atomic E-state index is 12.2. The molecule has 92 valence electrons. The minimum atomic E-state index is -0.220. The van der Waals surface area contributed by atoms with Gasteiger partial charge in [0.15, 0.2) is 5.78 Å². The Balaban J connectivity index is 2.42. The van der Waals surface area contributed by atoms with Gasteiger partial charge in [-0.1, -0.05) is 0 Å². The Morgan fingerprint density at radius 1 is 1.17 bits per heavy atom. The van der Waals surface area contributed by atoms with E-state index in [1.54, 1.807) is 18.2 Å². The Hall–Kier alpha value is -1.56. The lowest BCUT2D eigenvalue weighted by Crippen LogP contribution is -2.02. The van der Waals surface area contributed by atoms with Gasteiger partial charge in [-0.25, -0.2) is 0 Å². The average Bonchev–Trinajstić information content (AvgIpc) is 2.39. The zero-order chi connectivity index (χ0) is 13.1. The lowest BCUT2D eigenvalue weighted by Gasteiger charge is -2.06. The minimum Gasteiger partial charge on any atom is -0.507 e. The molecule has 2 aromatic rings. The van der Waals surface area contributed by atoms with E-state index in [2.05, 4.69) is 22.6 Å². The molecule has 0 saturated heterocycles. The number of carbonyl (C=O) groups is 1. The number of hydrogen-bond donors (Lipinski definition) is 1. The van der Waals surface area contributed by atoms with Gasteiger partial charge in [0.2, 0.25) is 0 Å². The van der Waals surface area contributed by atoms with E-state index < -0.39 is 0 Å². The van der Waals surface area contributed by atoms with E-state index in [0.717, 1.165) is 3.57 Å². The molecule has 0 amide bonds. The largest absolute Gasteiger partial charge is 0.507 e. The molecule has 0 atom stereocenters. The van der Waals surface area contributed by atoms with Crippen molar-refractivity contribution in [1.29, 1.82) is 0 Å². The van der Waals surface area contributed by atoms with Gasteiger partial charge < -0.3 is 9.84 Å². The summed E-state index contributed by atoms with van der Waals surface area (Å²) in [5, 5.41) is 9.74. The number of phenolic OH excluding ortho intramolecular Hbond substituents is 1. The van der Waals surface area contributed by atoms with Crippen molar-refractivity contribution >= 4 is 28.4 Å². The summed E-state index contributed by atoms with van der Waals surface area (Å²) in [6, 6.07) is 11.8. The van der Waals surface area contributed by atoms with Crippen LogP contribution in [0.25, 0.3) is 0 Å². The molecule has 0 heterocycles. The maximum absolute atomic E-state index is 12.2. The van der Waals surface area contributed by atoms with Crippen LogP contribution >= 0.6 is 22.6 Å². The summed E-state index contributed by atoms with van der Waals surface area (Å²) in [6.45, 7) is 0. The van der Waals surface area contributed by atoms with Crippen LogP contribution in [0.4, 0.5) is 0 Å². The second-order valence-corrected chi connectivity index (χ2v) is 4.96. The summed E-state index contributed by atoms with van der Waals surface area (Å²) < 4.78 is 6.11. The molecule has 2 aromatic carbocycles. The number of hydrogen-bond acceptors (Lipinski definition) is 3. The van der Waals surface area contributed by atoms with Crippen molar-refractivity contribution in [3.8, 4) is 11.5 Å². The summed E-state index contributed by atoms with van der Waals surface area (Å²) in [6.07, 6.45) is 0. The highest BCUT2D eigenvalue weighted by Gasteiger charge is 2.14. The molecular weight excluding hydrogens is 343 g/mol. The van der Waals surface area contributed by atoms with Crippen molar-refractivity contribution in [2.75, 3.05) is 7.11 Å². The molecule has 4 heteroatoms. The Morgan fingerprint density at radius 3 is 2.44 bits per heavy atom. The number of ketones is 1. The molecule has 0 aromatic heterocycles. The highest BCUT2D eigenvalue weighted by molar-refractivity contribution is 14.1. The number of benzene rings is 2. The molecule has 0 saturated carbocycles. The SMILES string of the molecule is COc1ccc(O)c(C(=O)c2ccc(I)cc2)c1. The first-order chi connectivity index (χ1) is 8.61. The van der Waals surface area contributed by atoms with Gasteiger partial charge in [0.05, 0.1) is 12.7 Å². The van der Waals surface area contributed by atoms with E-state index in [0.29, 0.717) is 11.3 Å². The lowest BCUT2D eigenvalue weighted by molar-refractivity contribution is 0.103. The monoisotopic (exact) mass is 354 g/mol. The Kier molecular flexibility index (Phi) is 3.86. The molecule has 0 aliphatic heterocycles. The van der Waals surface area contributed by atoms with Crippen LogP contribution in [0.3, 0.4) is 0 Å². The van der Waals surface area contributed by atoms with Crippen LogP contribution in [0, 0.1) is 3.57 Å². The Labute approximate surface area is 119 Å². The standard InChI is InChI=1S/C14H11IO3/c1-18-11-6-7-13(16)12(8-11)14(17)9-2-4-10(15)5-3-9/h2-8,16H,1H3. The summed E-state index contributed by atoms with van der Waals surface area (Å²) in [7, 11) is 1.52. The molecular formula is C14H11IO3. The quantitative estimate of drug-likeness (QED) is 0.680. The molecule has 0 fully saturated rings. The number of aromatic hydroxyl groups is 1. The zero-order valence-electron chi connectivity index (χ0n) is 9.68. The number of methoxy groups -OCH3 is 1. The molecule has 0 aliphatic carbocycles. The van der Waals surface area contributed by atoms with Gasteiger partial charge in [-0.15, -0.1) is 0 Å². The summed E-state index contributed by atoms with van der Waals surface area (Å²) in [4.78, 5) is 12.2. The first-order valence-electron chi connectivity index (χ1n) is 5.29. The highest BCUT2D eigenvalue weighted by Crippen LogP contribution is 2.25. The number of phenols is 1. The lowest BCUT2D eigenvalue weighted by atomic mass is 10.0. The number of carbonyl (C=O) groups excluding carboxylic acids is 1. The van der Waals surface area contributed by atoms with Crippen molar-refractivity contribution in [2.24, 2.45) is 0 Å². The van der Waals surface area contributed by atoms with Crippen LogP contribution < -0.4 is 4.74 Å². The molecule has 1 N–H and O–H groups in total. The molecule has 0 spiro atoms. The second-order valence-electron chi connectivity index (χ2n) is 3.72. The topological polar surface area (TPSA) is 46.5 Å². The predicted molar refractivity (Wildman–Crippen MR) is 77.3 cm³/mol. The van der Waals surface area contributed by atoms with Crippen LogP contribution in [-0.2, 0) is 0 Å². The fourth-order valence-electron chi connectivity index (χ4n) is 1.58. The number of rotatable bonds is 3. The smallest absolute Gasteiger partial charge is 0.196 e. The van der Waals surface area contributed by atoms with E-state index in [1.807, 2.05) is 12.1 Å². The molecule has 0 aliphatic rings. The van der Waals surface area contributed by atoms with Gasteiger partial charge in [0, 0.05) is 9.13 Å². The van der Waals surface area contributed by atoms with Crippen LogP contribution in [0.15, 0.2) is 42.5 Å². The highest BCUT2D eigenvalue weighted by atomic mass is 127. The van der Waals surface area contributed by atoms with Crippen LogP contribution in [0.5, 0.6) is 11.5 Å². The van der Waals surface area contributed by atoms with Gasteiger partial charge in [-0.3, -0.25) is 4.79 Å². The van der Waals surface area contributed by atoms with Gasteiger partial charge in [-0.2, -0.15) is 0 Å². The third-order valence-electron chi connectivity index (χ3n) is 2.55. The zero-order valence-corrected chi connectivity index (χ0v) is 11.8. The first-order valence-corrected chi connectivity index (χ1v) is 6.37. The van der Waals surface area contributed by atoms with E-state index >= 15 is 0 Å². The maximum Gasteiger partial charge on any atom is 0.196 e. The summed E-state index contributed by atoms with van der Waals surface area (Å²) in [5.41, 5.74) is 0.787. The summed E-state index contributed by atoms with van der Waals surface area (Å²) >= 11 is 2.17. The minimum absolute atomic E-state index is 0.0423. The second kappa shape index (κ2) is 5.39. The molecule has 0 radical (unpaired) electrons. The van der Waals surface area contributed by atoms with Gasteiger partial charge in [-0.05, 0) is 65.1 Å². The summed E-state index contributed by atoms with van der Waals surface area (Å²) in [5.74, 6) is 0.281. The van der Waals surface area contributed by atoms with E-state index in [-0.39, 0.29) is 17.1 Å². The third-order valence-corrected chi connectivity index (χ3v) is 3.27. The van der Waals surface area contributed by atoms with Gasteiger partial charge >= 0.3 is 0 Å². The predicted octanol–water partition coefficient (Wildman–Crippen LogP) is 3.24. The average molecular weight is 354 g/mol. The molecule has 2 rings (SSSR count). The van der Waals surface area contributed by atoms with Crippen molar-refractivity contribution in [3.63, 3.8) is 0 Å². The van der Waals surface area contributed by atoms with Crippen molar-refractivity contribution in [2.45, 2.75) is 0 Å². The van der Waals surface area contributed by atoms with Crippen LogP contribution in [0.2, 0.25) is 0 Å². The third kappa shape index (κ3) is 2.64. The number of halogens is 1. The normalized spacial score (nSPS) is 10.1. The molecule has 0 bridgehead atoms. The van der Waals surface area contributed by atoms with Gasteiger partial charge in [0.1, 0.15) is 11.5 Å². The Morgan fingerprint density at radius 2 is 1.83 bits per heavy atom. The van der Waals surface area contributed by atoms with Crippen molar-refractivity contribution in [3.05, 3.63) is 57.2 Å². The van der Waals surface area contributed by atoms with Gasteiger partial charge in [0.25, 0.3) is 0 Å². The van der Waals surface area contributed by atoms with E-state index in [1.165, 1.54) is 19.2 Å². The van der Waals surface area contributed by atoms with E-state index in [4.69, 9.17) is 4.74 Å². The van der Waals surface area contributed by atoms with Crippen LogP contribution in [-0.4, -0.2) is 18.0 Å². The molecule has 18 heavy (non-hydrogen) atoms. The molecule has 0 unspecified atom stereocenters. The Bertz CT molecular complexity index is 576. The fourth-order valence-corrected chi connectivity index (χ4v) is 1.94. The molecule has 3 nitrogen and oxygen atoms in total. The van der Waals surface area contributed by atoms with Crippen molar-refractivity contribution in [1.82, 2.24) is 0 Å². The first kappa shape index (κ1) is 12.9. The number of ether oxygens (including phenoxy) is 1. The van der Waals surface area contributed by atoms with E-state index in [9.17, 15) is 9.90 Å². The fraction of sp³-hybridized carbons (Fsp3) is 0.0714.